The number of carbonyl (C=O) groups is 3. The number of aliphatic carboxylic acids is 1. The Kier molecular flexibility index (Phi) is 7.68. The maximum Gasteiger partial charge on any atom is 0.352 e. The molecule has 11 nitrogen and oxygen atoms in total. The fourth-order valence-electron chi connectivity index (χ4n) is 4.36. The van der Waals surface area contributed by atoms with Gasteiger partial charge in [-0.1, -0.05) is 35.1 Å². The van der Waals surface area contributed by atoms with E-state index in [0.29, 0.717) is 17.7 Å². The minimum absolute atomic E-state index is 0.0363. The Morgan fingerprint density at radius 3 is 2.72 bits per heavy atom. The first-order chi connectivity index (χ1) is 18.8. The summed E-state index contributed by atoms with van der Waals surface area (Å²) < 4.78 is 2.03. The highest BCUT2D eigenvalue weighted by Gasteiger charge is 2.54. The second kappa shape index (κ2) is 11.2. The van der Waals surface area contributed by atoms with Crippen LogP contribution >= 0.6 is 34.9 Å². The van der Waals surface area contributed by atoms with E-state index >= 15 is 0 Å². The zero-order valence-corrected chi connectivity index (χ0v) is 23.3. The highest BCUT2D eigenvalue weighted by Crippen LogP contribution is 2.41. The Bertz CT molecular complexity index is 1500. The van der Waals surface area contributed by atoms with Gasteiger partial charge >= 0.3 is 5.97 Å². The Labute approximate surface area is 236 Å². The molecule has 2 amide bonds. The minimum atomic E-state index is -1.18. The maximum atomic E-state index is 13.1. The van der Waals surface area contributed by atoms with Crippen LogP contribution in [-0.4, -0.2) is 67.3 Å². The van der Waals surface area contributed by atoms with Crippen LogP contribution in [-0.2, 0) is 32.7 Å². The lowest BCUT2D eigenvalue weighted by Gasteiger charge is -2.49. The van der Waals surface area contributed by atoms with E-state index in [2.05, 4.69) is 15.5 Å². The molecule has 202 valence electrons. The number of nitrogens with zero attached hydrogens (tertiary/aromatic N) is 4. The van der Waals surface area contributed by atoms with Crippen LogP contribution in [0.25, 0.3) is 0 Å². The first-order valence-electron chi connectivity index (χ1n) is 11.7. The molecule has 2 aliphatic rings. The molecule has 2 aromatic heterocycles. The molecule has 1 saturated heterocycles. The first kappa shape index (κ1) is 26.8. The highest BCUT2D eigenvalue weighted by molar-refractivity contribution is 8.00. The van der Waals surface area contributed by atoms with Crippen LogP contribution in [0.4, 0.5) is 5.13 Å². The predicted molar refractivity (Wildman–Crippen MR) is 149 cm³/mol. The van der Waals surface area contributed by atoms with E-state index in [0.717, 1.165) is 27.0 Å². The third-order valence-corrected chi connectivity index (χ3v) is 9.38. The third kappa shape index (κ3) is 5.27. The van der Waals surface area contributed by atoms with Gasteiger partial charge in [-0.3, -0.25) is 14.5 Å². The Morgan fingerprint density at radius 2 is 2.05 bits per heavy atom. The number of carboxylic acid groups (broad SMARTS) is 1. The average Bonchev–Trinajstić information content (AvgIpc) is 3.51. The second-order valence-electron chi connectivity index (χ2n) is 8.63. The van der Waals surface area contributed by atoms with Crippen LogP contribution in [0.5, 0.6) is 0 Å². The molecule has 1 fully saturated rings. The van der Waals surface area contributed by atoms with E-state index in [1.807, 2.05) is 54.1 Å². The summed E-state index contributed by atoms with van der Waals surface area (Å²) in [6.45, 7) is 0. The first-order valence-corrected chi connectivity index (χ1v) is 14.4. The van der Waals surface area contributed by atoms with Crippen LogP contribution in [0.1, 0.15) is 11.4 Å². The molecule has 0 saturated carbocycles. The van der Waals surface area contributed by atoms with Gasteiger partial charge in [0.15, 0.2) is 10.8 Å². The van der Waals surface area contributed by atoms with Gasteiger partial charge in [-0.05, 0) is 29.8 Å². The number of anilines is 1. The number of carboxylic acids is 1. The largest absolute Gasteiger partial charge is 0.477 e. The van der Waals surface area contributed by atoms with Crippen molar-refractivity contribution in [1.29, 1.82) is 0 Å². The van der Waals surface area contributed by atoms with Crippen molar-refractivity contribution in [3.05, 3.63) is 70.5 Å². The lowest BCUT2D eigenvalue weighted by atomic mass is 10.0. The zero-order chi connectivity index (χ0) is 27.7. The van der Waals surface area contributed by atoms with Crippen LogP contribution in [0.2, 0.25) is 0 Å². The molecule has 3 aromatic rings. The number of oxime groups is 1. The normalized spacial score (nSPS) is 19.0. The SMILES string of the molecule is CO/N=C(\C(=O)N[C@@H]1C(=O)N2C(C(=O)O)=C(Cc3ccc(Sc4ccccc4)n3C)CS[C@H]12)c1csc(N)n1. The number of carbonyl (C=O) groups excluding carboxylic acids is 2. The Balaban J connectivity index is 1.33. The molecule has 0 radical (unpaired) electrons. The van der Waals surface area contributed by atoms with E-state index in [1.54, 1.807) is 17.1 Å². The van der Waals surface area contributed by atoms with Crippen LogP contribution in [0.15, 0.2) is 74.2 Å². The van der Waals surface area contributed by atoms with E-state index in [1.165, 1.54) is 23.8 Å². The van der Waals surface area contributed by atoms with Crippen molar-refractivity contribution >= 4 is 63.5 Å². The summed E-state index contributed by atoms with van der Waals surface area (Å²) in [6.07, 6.45) is 0.379. The quantitative estimate of drug-likeness (QED) is 0.196. The fraction of sp³-hybridized carbons (Fsp3) is 0.240. The van der Waals surface area contributed by atoms with Gasteiger partial charge in [-0.2, -0.15) is 0 Å². The molecule has 1 aromatic carbocycles. The summed E-state index contributed by atoms with van der Waals surface area (Å²) in [5.41, 5.74) is 7.30. The minimum Gasteiger partial charge on any atom is -0.477 e. The maximum absolute atomic E-state index is 13.1. The van der Waals surface area contributed by atoms with Crippen molar-refractivity contribution in [3.63, 3.8) is 0 Å². The molecule has 2 aliphatic heterocycles. The molecule has 4 heterocycles. The fourth-order valence-corrected chi connectivity index (χ4v) is 7.18. The molecule has 39 heavy (non-hydrogen) atoms. The number of β-lactam (4-membered cyclic amide) rings is 1. The molecule has 0 aliphatic carbocycles. The third-order valence-electron chi connectivity index (χ3n) is 6.24. The summed E-state index contributed by atoms with van der Waals surface area (Å²) in [5, 5.41) is 18.7. The lowest BCUT2D eigenvalue weighted by Crippen LogP contribution is -2.71. The van der Waals surface area contributed by atoms with Gasteiger partial charge in [-0.25, -0.2) is 9.78 Å². The van der Waals surface area contributed by atoms with Crippen LogP contribution in [0, 0.1) is 0 Å². The van der Waals surface area contributed by atoms with Gasteiger partial charge in [0.25, 0.3) is 11.8 Å². The standard InChI is InChI=1S/C25H24N6O5S3/c1-30-14(8-9-17(30)39-15-6-4-3-5-7-15)10-13-11-37-23-19(22(33)31(23)20(13)24(34)35)28-21(32)18(29-36-2)16-12-38-25(26)27-16/h3-9,12,19,23H,10-11H2,1-2H3,(H2,26,27)(H,28,32)(H,34,35)/b29-18-/t19-,23-/m1/s1. The number of thioether (sulfide) groups is 1. The van der Waals surface area contributed by atoms with Crippen molar-refractivity contribution in [1.82, 2.24) is 19.8 Å². The number of benzene rings is 1. The van der Waals surface area contributed by atoms with Crippen molar-refractivity contribution in [2.75, 3.05) is 18.6 Å². The van der Waals surface area contributed by atoms with Crippen LogP contribution < -0.4 is 11.1 Å². The molecule has 14 heteroatoms. The lowest BCUT2D eigenvalue weighted by molar-refractivity contribution is -0.150. The van der Waals surface area contributed by atoms with E-state index in [9.17, 15) is 19.5 Å². The van der Waals surface area contributed by atoms with Gasteiger partial charge in [0.1, 0.15) is 29.9 Å². The monoisotopic (exact) mass is 584 g/mol. The Hall–Kier alpha value is -3.75. The summed E-state index contributed by atoms with van der Waals surface area (Å²) in [4.78, 5) is 49.6. The number of hydrogen-bond acceptors (Lipinski definition) is 10. The summed E-state index contributed by atoms with van der Waals surface area (Å²) in [7, 11) is 3.23. The molecule has 0 bridgehead atoms. The molecule has 2 atom stereocenters. The molecule has 5 rings (SSSR count). The summed E-state index contributed by atoms with van der Waals surface area (Å²) >= 11 is 4.16. The zero-order valence-electron chi connectivity index (χ0n) is 20.9. The van der Waals surface area contributed by atoms with Gasteiger partial charge in [-0.15, -0.1) is 23.1 Å². The number of nitrogen functional groups attached to an aromatic ring is 1. The van der Waals surface area contributed by atoms with Crippen molar-refractivity contribution in [2.24, 2.45) is 12.2 Å². The van der Waals surface area contributed by atoms with Gasteiger partial charge in [0, 0.05) is 35.2 Å². The number of amides is 2. The van der Waals surface area contributed by atoms with Crippen molar-refractivity contribution < 1.29 is 24.3 Å². The number of thiazole rings is 1. The predicted octanol–water partition coefficient (Wildman–Crippen LogP) is 2.55. The molecule has 0 spiro atoms. The number of aromatic nitrogens is 2. The number of hydrogen-bond donors (Lipinski definition) is 3. The van der Waals surface area contributed by atoms with Gasteiger partial charge in [0.05, 0.1) is 5.03 Å². The van der Waals surface area contributed by atoms with E-state index in [-0.39, 0.29) is 22.2 Å². The number of nitrogens with one attached hydrogen (secondary N) is 1. The Morgan fingerprint density at radius 1 is 1.28 bits per heavy atom. The topological polar surface area (TPSA) is 152 Å². The molecular formula is C25H24N6O5S3. The van der Waals surface area contributed by atoms with E-state index < -0.39 is 29.2 Å². The van der Waals surface area contributed by atoms with Gasteiger partial charge < -0.3 is 25.6 Å². The number of rotatable bonds is 9. The van der Waals surface area contributed by atoms with Crippen LogP contribution in [0.3, 0.4) is 0 Å². The van der Waals surface area contributed by atoms with E-state index in [4.69, 9.17) is 10.6 Å². The summed E-state index contributed by atoms with van der Waals surface area (Å²) in [5.74, 6) is -1.95. The molecule has 0 unspecified atom stereocenters. The van der Waals surface area contributed by atoms with Crippen molar-refractivity contribution in [2.45, 2.75) is 27.8 Å². The highest BCUT2D eigenvalue weighted by atomic mass is 32.2. The average molecular weight is 585 g/mol. The second-order valence-corrected chi connectivity index (χ2v) is 11.7. The van der Waals surface area contributed by atoms with Gasteiger partial charge in [0.2, 0.25) is 0 Å². The number of fused-ring (bicyclic) bond motifs is 1. The summed E-state index contributed by atoms with van der Waals surface area (Å²) in [6, 6.07) is 13.0. The number of nitrogens with two attached hydrogens (primary N) is 1. The van der Waals surface area contributed by atoms with Crippen molar-refractivity contribution in [3.8, 4) is 0 Å². The molecule has 4 N–H and O–H groups in total. The smallest absolute Gasteiger partial charge is 0.352 e. The molecular weight excluding hydrogens is 561 g/mol.